The van der Waals surface area contributed by atoms with Crippen molar-refractivity contribution in [2.75, 3.05) is 12.4 Å². The normalized spacial score (nSPS) is 21.1. The van der Waals surface area contributed by atoms with Crippen LogP contribution in [0.5, 0.6) is 0 Å². The van der Waals surface area contributed by atoms with Crippen LogP contribution >= 0.6 is 0 Å². The summed E-state index contributed by atoms with van der Waals surface area (Å²) in [4.78, 5) is 14.6. The van der Waals surface area contributed by atoms with Crippen LogP contribution in [-0.4, -0.2) is 17.9 Å². The van der Waals surface area contributed by atoms with Crippen molar-refractivity contribution in [3.8, 4) is 0 Å². The maximum absolute atomic E-state index is 12.8. The molecule has 1 amide bonds. The number of hydrogen-bond acceptors (Lipinski definition) is 2. The van der Waals surface area contributed by atoms with Crippen LogP contribution in [0.4, 0.5) is 5.69 Å². The molecule has 1 aliphatic heterocycles. The van der Waals surface area contributed by atoms with Crippen LogP contribution in [0.25, 0.3) is 0 Å². The first kappa shape index (κ1) is 13.7. The van der Waals surface area contributed by atoms with Gasteiger partial charge in [-0.3, -0.25) is 4.79 Å². The lowest BCUT2D eigenvalue weighted by atomic mass is 9.83. The van der Waals surface area contributed by atoms with Gasteiger partial charge >= 0.3 is 0 Å². The number of carbonyl (C=O) groups is 1. The summed E-state index contributed by atoms with van der Waals surface area (Å²) >= 11 is 0. The highest BCUT2D eigenvalue weighted by atomic mass is 16.2. The van der Waals surface area contributed by atoms with Gasteiger partial charge < -0.3 is 10.2 Å². The SMILES string of the molecule is CC(C)C1(c2ccccc2)Nc2ccccc2C(=O)N1C. The van der Waals surface area contributed by atoms with Gasteiger partial charge in [-0.05, 0) is 23.6 Å². The van der Waals surface area contributed by atoms with Gasteiger partial charge in [0.1, 0.15) is 5.66 Å². The van der Waals surface area contributed by atoms with E-state index in [-0.39, 0.29) is 11.8 Å². The Morgan fingerprint density at radius 3 is 2.29 bits per heavy atom. The van der Waals surface area contributed by atoms with E-state index in [2.05, 4.69) is 31.3 Å². The highest BCUT2D eigenvalue weighted by Crippen LogP contribution is 2.41. The third-order valence-corrected chi connectivity index (χ3v) is 4.37. The molecule has 108 valence electrons. The zero-order valence-electron chi connectivity index (χ0n) is 12.6. The molecule has 0 saturated heterocycles. The van der Waals surface area contributed by atoms with Crippen LogP contribution in [0.1, 0.15) is 29.8 Å². The standard InChI is InChI=1S/C18H20N2O/c1-13(2)18(14-9-5-4-6-10-14)19-16-12-8-7-11-15(16)17(21)20(18)3/h4-13,19H,1-3H3. The molecule has 21 heavy (non-hydrogen) atoms. The minimum Gasteiger partial charge on any atom is -0.358 e. The van der Waals surface area contributed by atoms with Crippen LogP contribution in [0, 0.1) is 5.92 Å². The fourth-order valence-corrected chi connectivity index (χ4v) is 3.23. The molecule has 0 bridgehead atoms. The van der Waals surface area contributed by atoms with E-state index in [1.165, 1.54) is 0 Å². The second kappa shape index (κ2) is 4.92. The van der Waals surface area contributed by atoms with Crippen molar-refractivity contribution in [3.63, 3.8) is 0 Å². The van der Waals surface area contributed by atoms with Gasteiger partial charge in [-0.15, -0.1) is 0 Å². The fraction of sp³-hybridized carbons (Fsp3) is 0.278. The number of para-hydroxylation sites is 1. The molecule has 0 radical (unpaired) electrons. The van der Waals surface area contributed by atoms with E-state index in [0.29, 0.717) is 0 Å². The molecule has 1 unspecified atom stereocenters. The lowest BCUT2D eigenvalue weighted by Crippen LogP contribution is -2.58. The number of rotatable bonds is 2. The molecule has 1 atom stereocenters. The van der Waals surface area contributed by atoms with E-state index >= 15 is 0 Å². The first-order valence-electron chi connectivity index (χ1n) is 7.28. The quantitative estimate of drug-likeness (QED) is 0.910. The molecule has 0 saturated carbocycles. The van der Waals surface area contributed by atoms with Gasteiger partial charge in [0, 0.05) is 12.7 Å². The van der Waals surface area contributed by atoms with E-state index in [9.17, 15) is 4.79 Å². The molecule has 2 aromatic rings. The lowest BCUT2D eigenvalue weighted by Gasteiger charge is -2.49. The number of benzene rings is 2. The average molecular weight is 280 g/mol. The predicted octanol–water partition coefficient (Wildman–Crippen LogP) is 3.69. The van der Waals surface area contributed by atoms with Gasteiger partial charge in [-0.25, -0.2) is 0 Å². The van der Waals surface area contributed by atoms with Crippen LogP contribution in [0.2, 0.25) is 0 Å². The predicted molar refractivity (Wildman–Crippen MR) is 85.1 cm³/mol. The smallest absolute Gasteiger partial charge is 0.257 e. The van der Waals surface area contributed by atoms with Crippen LogP contribution in [-0.2, 0) is 5.66 Å². The molecule has 0 fully saturated rings. The minimum absolute atomic E-state index is 0.0573. The Bertz CT molecular complexity index is 666. The van der Waals surface area contributed by atoms with Gasteiger partial charge in [0.25, 0.3) is 5.91 Å². The molecule has 0 aromatic heterocycles. The molecule has 1 N–H and O–H groups in total. The average Bonchev–Trinajstić information content (AvgIpc) is 2.51. The molecule has 1 heterocycles. The van der Waals surface area contributed by atoms with Crippen LogP contribution in [0.15, 0.2) is 54.6 Å². The van der Waals surface area contributed by atoms with E-state index < -0.39 is 5.66 Å². The molecule has 0 aliphatic carbocycles. The Kier molecular flexibility index (Phi) is 3.20. The summed E-state index contributed by atoms with van der Waals surface area (Å²) in [6.45, 7) is 4.27. The zero-order chi connectivity index (χ0) is 15.0. The third-order valence-electron chi connectivity index (χ3n) is 4.37. The summed E-state index contributed by atoms with van der Waals surface area (Å²) in [7, 11) is 1.87. The largest absolute Gasteiger partial charge is 0.358 e. The number of hydrogen-bond donors (Lipinski definition) is 1. The first-order chi connectivity index (χ1) is 10.1. The Morgan fingerprint density at radius 2 is 1.62 bits per heavy atom. The molecule has 1 aliphatic rings. The fourth-order valence-electron chi connectivity index (χ4n) is 3.23. The number of amides is 1. The molecule has 3 nitrogen and oxygen atoms in total. The summed E-state index contributed by atoms with van der Waals surface area (Å²) in [5.41, 5.74) is 2.21. The Balaban J connectivity index is 2.21. The number of nitrogens with zero attached hydrogens (tertiary/aromatic N) is 1. The third kappa shape index (κ3) is 1.92. The molecule has 0 spiro atoms. The number of carbonyl (C=O) groups excluding carboxylic acids is 1. The van der Waals surface area contributed by atoms with E-state index in [0.717, 1.165) is 16.8 Å². The number of anilines is 1. The van der Waals surface area contributed by atoms with Crippen molar-refractivity contribution < 1.29 is 4.79 Å². The molecular weight excluding hydrogens is 260 g/mol. The van der Waals surface area contributed by atoms with E-state index in [4.69, 9.17) is 0 Å². The summed E-state index contributed by atoms with van der Waals surface area (Å²) in [5.74, 6) is 0.282. The van der Waals surface area contributed by atoms with Crippen molar-refractivity contribution in [3.05, 3.63) is 65.7 Å². The summed E-state index contributed by atoms with van der Waals surface area (Å²) < 4.78 is 0. The van der Waals surface area contributed by atoms with Gasteiger partial charge in [-0.2, -0.15) is 0 Å². The van der Waals surface area contributed by atoms with Crippen LogP contribution < -0.4 is 5.32 Å². The molecule has 3 rings (SSSR count). The van der Waals surface area contributed by atoms with Gasteiger partial charge in [0.15, 0.2) is 0 Å². The van der Waals surface area contributed by atoms with E-state index in [1.807, 2.05) is 54.4 Å². The summed E-state index contributed by atoms with van der Waals surface area (Å²) in [6, 6.07) is 17.9. The summed E-state index contributed by atoms with van der Waals surface area (Å²) in [6.07, 6.45) is 0. The molecule has 3 heteroatoms. The van der Waals surface area contributed by atoms with Crippen molar-refractivity contribution in [2.45, 2.75) is 19.5 Å². The van der Waals surface area contributed by atoms with Crippen molar-refractivity contribution in [1.82, 2.24) is 4.90 Å². The summed E-state index contributed by atoms with van der Waals surface area (Å²) in [5, 5.41) is 3.61. The second-order valence-electron chi connectivity index (χ2n) is 5.82. The Labute approximate surface area is 125 Å². The van der Waals surface area contributed by atoms with E-state index in [1.54, 1.807) is 0 Å². The van der Waals surface area contributed by atoms with Crippen molar-refractivity contribution >= 4 is 11.6 Å². The first-order valence-corrected chi connectivity index (χ1v) is 7.28. The van der Waals surface area contributed by atoms with Crippen molar-refractivity contribution in [2.24, 2.45) is 5.92 Å². The van der Waals surface area contributed by atoms with Crippen molar-refractivity contribution in [1.29, 1.82) is 0 Å². The molecular formula is C18H20N2O. The Morgan fingerprint density at radius 1 is 1.00 bits per heavy atom. The highest BCUT2D eigenvalue weighted by molar-refractivity contribution is 6.02. The topological polar surface area (TPSA) is 32.3 Å². The minimum atomic E-state index is -0.521. The van der Waals surface area contributed by atoms with Gasteiger partial charge in [0.2, 0.25) is 0 Å². The zero-order valence-corrected chi connectivity index (χ0v) is 12.6. The van der Waals surface area contributed by atoms with Crippen LogP contribution in [0.3, 0.4) is 0 Å². The Hall–Kier alpha value is -2.29. The maximum Gasteiger partial charge on any atom is 0.257 e. The molecule has 2 aromatic carbocycles. The number of fused-ring (bicyclic) bond motifs is 1. The monoisotopic (exact) mass is 280 g/mol. The lowest BCUT2D eigenvalue weighted by molar-refractivity contribution is 0.0465. The van der Waals surface area contributed by atoms with Gasteiger partial charge in [0.05, 0.1) is 5.56 Å². The number of nitrogens with one attached hydrogen (secondary N) is 1. The maximum atomic E-state index is 12.8. The van der Waals surface area contributed by atoms with Gasteiger partial charge in [-0.1, -0.05) is 56.3 Å². The second-order valence-corrected chi connectivity index (χ2v) is 5.82. The highest BCUT2D eigenvalue weighted by Gasteiger charge is 2.46.